The van der Waals surface area contributed by atoms with E-state index in [0.29, 0.717) is 10.9 Å². The summed E-state index contributed by atoms with van der Waals surface area (Å²) in [7, 11) is 0. The first-order chi connectivity index (χ1) is 14.6. The monoisotopic (exact) mass is 434 g/mol. The molecule has 1 amide bonds. The molecule has 1 aromatic carbocycles. The number of benzene rings is 1. The van der Waals surface area contributed by atoms with Crippen LogP contribution in [0.2, 0.25) is 0 Å². The molecule has 166 valence electrons. The van der Waals surface area contributed by atoms with Gasteiger partial charge in [0.15, 0.2) is 0 Å². The normalized spacial score (nSPS) is 12.7. The molecule has 1 heterocycles. The van der Waals surface area contributed by atoms with Crippen molar-refractivity contribution in [2.75, 3.05) is 0 Å². The first-order valence-corrected chi connectivity index (χ1v) is 9.32. The Bertz CT molecular complexity index is 1060. The molecule has 31 heavy (non-hydrogen) atoms. The van der Waals surface area contributed by atoms with Crippen molar-refractivity contribution in [3.05, 3.63) is 40.2 Å². The highest BCUT2D eigenvalue weighted by Gasteiger charge is 2.22. The third-order valence-electron chi connectivity index (χ3n) is 4.42. The Hall–Kier alpha value is -3.73. The number of rotatable bonds is 10. The van der Waals surface area contributed by atoms with E-state index in [-0.39, 0.29) is 37.0 Å². The van der Waals surface area contributed by atoms with E-state index in [1.54, 1.807) is 13.0 Å². The number of esters is 1. The zero-order chi connectivity index (χ0) is 23.1. The predicted molar refractivity (Wildman–Crippen MR) is 107 cm³/mol. The van der Waals surface area contributed by atoms with Crippen LogP contribution in [0.3, 0.4) is 0 Å². The summed E-state index contributed by atoms with van der Waals surface area (Å²) in [5.41, 5.74) is 5.70. The van der Waals surface area contributed by atoms with Crippen LogP contribution in [0.5, 0.6) is 5.75 Å². The molecular weight excluding hydrogens is 412 g/mol. The molecule has 1 aromatic heterocycles. The Morgan fingerprint density at radius 3 is 2.45 bits per heavy atom. The van der Waals surface area contributed by atoms with Gasteiger partial charge in [-0.1, -0.05) is 0 Å². The lowest BCUT2D eigenvalue weighted by molar-refractivity contribution is -0.143. The number of nitrogens with two attached hydrogens (primary N) is 1. The number of ether oxygens (including phenoxy) is 1. The second-order valence-electron chi connectivity index (χ2n) is 6.86. The minimum absolute atomic E-state index is 0.116. The van der Waals surface area contributed by atoms with Crippen LogP contribution in [0, 0.1) is 6.92 Å². The van der Waals surface area contributed by atoms with E-state index in [1.807, 2.05) is 0 Å². The molecule has 0 saturated carbocycles. The summed E-state index contributed by atoms with van der Waals surface area (Å²) >= 11 is 0. The second-order valence-corrected chi connectivity index (χ2v) is 6.86. The van der Waals surface area contributed by atoms with Gasteiger partial charge < -0.3 is 30.4 Å². The molecule has 11 heteroatoms. The number of hydrogen-bond donors (Lipinski definition) is 4. The van der Waals surface area contributed by atoms with Crippen molar-refractivity contribution in [2.24, 2.45) is 5.73 Å². The quantitative estimate of drug-likeness (QED) is 0.234. The maximum Gasteiger partial charge on any atom is 0.336 e. The highest BCUT2D eigenvalue weighted by molar-refractivity contribution is 5.85. The van der Waals surface area contributed by atoms with Crippen molar-refractivity contribution in [3.8, 4) is 5.75 Å². The Kier molecular flexibility index (Phi) is 7.86. The highest BCUT2D eigenvalue weighted by atomic mass is 16.5. The number of carboxylic acid groups (broad SMARTS) is 2. The maximum absolute atomic E-state index is 12.1. The van der Waals surface area contributed by atoms with Gasteiger partial charge in [0.1, 0.15) is 23.4 Å². The molecule has 0 saturated heterocycles. The summed E-state index contributed by atoms with van der Waals surface area (Å²) in [6.07, 6.45) is -0.995. The number of carbonyl (C=O) groups is 4. The predicted octanol–water partition coefficient (Wildman–Crippen LogP) is 0.549. The van der Waals surface area contributed by atoms with E-state index in [1.165, 1.54) is 18.2 Å². The van der Waals surface area contributed by atoms with Gasteiger partial charge in [-0.15, -0.1) is 0 Å². The number of carbonyl (C=O) groups excluding carboxylic acids is 2. The summed E-state index contributed by atoms with van der Waals surface area (Å²) in [5, 5.41) is 20.8. The fourth-order valence-corrected chi connectivity index (χ4v) is 2.75. The third-order valence-corrected chi connectivity index (χ3v) is 4.42. The first kappa shape index (κ1) is 23.5. The van der Waals surface area contributed by atoms with Gasteiger partial charge in [0.2, 0.25) is 5.91 Å². The summed E-state index contributed by atoms with van der Waals surface area (Å²) < 4.78 is 10.2. The Morgan fingerprint density at radius 2 is 1.81 bits per heavy atom. The molecule has 0 bridgehead atoms. The lowest BCUT2D eigenvalue weighted by atomic mass is 10.1. The van der Waals surface area contributed by atoms with Crippen LogP contribution >= 0.6 is 0 Å². The lowest BCUT2D eigenvalue weighted by Gasteiger charge is -2.15. The van der Waals surface area contributed by atoms with Crippen LogP contribution < -0.4 is 21.4 Å². The lowest BCUT2D eigenvalue weighted by Crippen LogP contribution is -2.42. The largest absolute Gasteiger partial charge is 0.480 e. The van der Waals surface area contributed by atoms with Crippen molar-refractivity contribution in [2.45, 2.75) is 44.7 Å². The van der Waals surface area contributed by atoms with Crippen LogP contribution in [-0.2, 0) is 19.2 Å². The van der Waals surface area contributed by atoms with E-state index in [4.69, 9.17) is 20.0 Å². The molecule has 2 aromatic rings. The summed E-state index contributed by atoms with van der Waals surface area (Å²) in [4.78, 5) is 57.4. The van der Waals surface area contributed by atoms with Crippen LogP contribution in [0.4, 0.5) is 0 Å². The van der Waals surface area contributed by atoms with E-state index >= 15 is 0 Å². The van der Waals surface area contributed by atoms with Gasteiger partial charge in [0, 0.05) is 30.4 Å². The van der Waals surface area contributed by atoms with Gasteiger partial charge in [-0.05, 0) is 37.5 Å². The van der Waals surface area contributed by atoms with Crippen molar-refractivity contribution in [1.82, 2.24) is 5.32 Å². The minimum atomic E-state index is -1.36. The number of amides is 1. The van der Waals surface area contributed by atoms with Crippen LogP contribution in [0.15, 0.2) is 33.5 Å². The summed E-state index contributed by atoms with van der Waals surface area (Å²) in [6.45, 7) is 1.74. The Morgan fingerprint density at radius 1 is 1.10 bits per heavy atom. The van der Waals surface area contributed by atoms with Crippen LogP contribution in [0.25, 0.3) is 11.0 Å². The zero-order valence-corrected chi connectivity index (χ0v) is 16.6. The first-order valence-electron chi connectivity index (χ1n) is 9.32. The number of nitrogens with one attached hydrogen (secondary N) is 1. The molecule has 5 N–H and O–H groups in total. The molecular formula is C20H22N2O9. The number of hydrogen-bond acceptors (Lipinski definition) is 8. The molecule has 0 aliphatic heterocycles. The number of fused-ring (bicyclic) bond motifs is 1. The summed E-state index contributed by atoms with van der Waals surface area (Å²) in [6, 6.07) is 3.25. The van der Waals surface area contributed by atoms with Gasteiger partial charge in [-0.2, -0.15) is 0 Å². The second kappa shape index (κ2) is 10.3. The van der Waals surface area contributed by atoms with Gasteiger partial charge in [-0.3, -0.25) is 14.4 Å². The molecule has 0 radical (unpaired) electrons. The SMILES string of the molecule is Cc1cc(=O)oc2cc(OC(=O)CCC(NC(=O)CCC(N)C(=O)O)C(=O)O)ccc12. The van der Waals surface area contributed by atoms with E-state index in [0.717, 1.165) is 0 Å². The van der Waals surface area contributed by atoms with Gasteiger partial charge in [-0.25, -0.2) is 9.59 Å². The standard InChI is InChI=1S/C20H22N2O9/c1-10-8-18(25)31-15-9-11(2-3-12(10)15)30-17(24)7-5-14(20(28)29)22-16(23)6-4-13(21)19(26)27/h2-3,8-9,13-14H,4-7,21H2,1H3,(H,22,23)(H,26,27)(H,28,29). The number of aliphatic carboxylic acids is 2. The van der Waals surface area contributed by atoms with Crippen molar-refractivity contribution in [1.29, 1.82) is 0 Å². The number of carboxylic acids is 2. The smallest absolute Gasteiger partial charge is 0.336 e. The molecule has 0 aliphatic carbocycles. The third kappa shape index (κ3) is 6.93. The Balaban J connectivity index is 1.92. The molecule has 11 nitrogen and oxygen atoms in total. The average Bonchev–Trinajstić information content (AvgIpc) is 2.68. The topological polar surface area (TPSA) is 186 Å². The fourth-order valence-electron chi connectivity index (χ4n) is 2.75. The van der Waals surface area contributed by atoms with Crippen molar-refractivity contribution < 1.29 is 38.5 Å². The molecule has 0 spiro atoms. The van der Waals surface area contributed by atoms with Gasteiger partial charge in [0.05, 0.1) is 0 Å². The van der Waals surface area contributed by atoms with Crippen LogP contribution in [-0.4, -0.2) is 46.1 Å². The van der Waals surface area contributed by atoms with Crippen molar-refractivity contribution >= 4 is 34.8 Å². The van der Waals surface area contributed by atoms with E-state index in [9.17, 15) is 29.1 Å². The van der Waals surface area contributed by atoms with E-state index < -0.39 is 41.5 Å². The van der Waals surface area contributed by atoms with Crippen molar-refractivity contribution in [3.63, 3.8) is 0 Å². The highest BCUT2D eigenvalue weighted by Crippen LogP contribution is 2.22. The van der Waals surface area contributed by atoms with E-state index in [2.05, 4.69) is 5.32 Å². The minimum Gasteiger partial charge on any atom is -0.480 e. The number of aryl methyl sites for hydroxylation is 1. The maximum atomic E-state index is 12.1. The van der Waals surface area contributed by atoms with Gasteiger partial charge in [0.25, 0.3) is 0 Å². The zero-order valence-electron chi connectivity index (χ0n) is 16.6. The molecule has 2 unspecified atom stereocenters. The molecule has 0 aliphatic rings. The Labute approximate surface area is 175 Å². The molecule has 0 fully saturated rings. The summed E-state index contributed by atoms with van der Waals surface area (Å²) in [5.74, 6) is -3.95. The average molecular weight is 434 g/mol. The molecule has 2 rings (SSSR count). The van der Waals surface area contributed by atoms with Gasteiger partial charge >= 0.3 is 23.5 Å². The molecule has 2 atom stereocenters. The van der Waals surface area contributed by atoms with Crippen LogP contribution in [0.1, 0.15) is 31.2 Å². The fraction of sp³-hybridized carbons (Fsp3) is 0.350.